The molecule has 20 heavy (non-hydrogen) atoms. The van der Waals surface area contributed by atoms with Gasteiger partial charge < -0.3 is 4.90 Å². The van der Waals surface area contributed by atoms with E-state index in [1.165, 1.54) is 11.1 Å². The van der Waals surface area contributed by atoms with Gasteiger partial charge in [0.15, 0.2) is 0 Å². The molecular formula is C17H21NOS. The number of hydrogen-bond acceptors (Lipinski definition) is 2. The summed E-state index contributed by atoms with van der Waals surface area (Å²) in [6.07, 6.45) is 0. The molecule has 0 N–H and O–H groups in total. The Balaban J connectivity index is 2.17. The Labute approximate surface area is 123 Å². The van der Waals surface area contributed by atoms with Crippen LogP contribution in [0, 0.1) is 6.92 Å². The zero-order valence-electron chi connectivity index (χ0n) is 12.2. The molecule has 106 valence electrons. The van der Waals surface area contributed by atoms with Crippen LogP contribution in [0.1, 0.15) is 17.2 Å². The van der Waals surface area contributed by atoms with Crippen molar-refractivity contribution in [1.29, 1.82) is 0 Å². The molecule has 0 unspecified atom stereocenters. The van der Waals surface area contributed by atoms with Gasteiger partial charge in [-0.25, -0.2) is 0 Å². The number of aryl methyl sites for hydroxylation is 1. The lowest BCUT2D eigenvalue weighted by Gasteiger charge is -2.24. The Kier molecular flexibility index (Phi) is 5.10. The summed E-state index contributed by atoms with van der Waals surface area (Å²) in [6.45, 7) is 2.04. The Morgan fingerprint density at radius 3 is 2.15 bits per heavy atom. The lowest BCUT2D eigenvalue weighted by Crippen LogP contribution is -2.25. The molecule has 0 fully saturated rings. The van der Waals surface area contributed by atoms with Gasteiger partial charge in [0, 0.05) is 16.7 Å². The molecule has 0 amide bonds. The van der Waals surface area contributed by atoms with Gasteiger partial charge in [-0.1, -0.05) is 48.0 Å². The second kappa shape index (κ2) is 6.82. The van der Waals surface area contributed by atoms with Crippen LogP contribution >= 0.6 is 0 Å². The van der Waals surface area contributed by atoms with Crippen molar-refractivity contribution in [2.24, 2.45) is 0 Å². The Morgan fingerprint density at radius 2 is 1.60 bits per heavy atom. The number of hydrogen-bond donors (Lipinski definition) is 0. The number of benzene rings is 2. The standard InChI is InChI=1S/C17H21NOS/c1-14-9-11-16(12-10-14)20(19)13-17(18(2)3)15-7-5-4-6-8-15/h4-12,17H,13H2,1-3H3/t17-,20-/m1/s1. The first-order valence-electron chi connectivity index (χ1n) is 6.74. The van der Waals surface area contributed by atoms with Gasteiger partial charge >= 0.3 is 0 Å². The monoisotopic (exact) mass is 287 g/mol. The molecule has 0 aliphatic heterocycles. The van der Waals surface area contributed by atoms with Crippen LogP contribution in [0.5, 0.6) is 0 Å². The maximum atomic E-state index is 12.5. The van der Waals surface area contributed by atoms with Crippen molar-refractivity contribution in [2.75, 3.05) is 19.8 Å². The van der Waals surface area contributed by atoms with E-state index in [2.05, 4.69) is 17.0 Å². The van der Waals surface area contributed by atoms with Gasteiger partial charge in [-0.15, -0.1) is 0 Å². The van der Waals surface area contributed by atoms with E-state index in [-0.39, 0.29) is 6.04 Å². The van der Waals surface area contributed by atoms with Gasteiger partial charge in [0.25, 0.3) is 0 Å². The highest BCUT2D eigenvalue weighted by Crippen LogP contribution is 2.21. The summed E-state index contributed by atoms with van der Waals surface area (Å²) in [7, 11) is 3.08. The van der Waals surface area contributed by atoms with Gasteiger partial charge in [-0.05, 0) is 38.7 Å². The fourth-order valence-corrected chi connectivity index (χ4v) is 3.56. The fourth-order valence-electron chi connectivity index (χ4n) is 2.15. The predicted octanol–water partition coefficient (Wildman–Crippen LogP) is 3.41. The summed E-state index contributed by atoms with van der Waals surface area (Å²) in [5.41, 5.74) is 2.40. The molecule has 3 heteroatoms. The summed E-state index contributed by atoms with van der Waals surface area (Å²) in [4.78, 5) is 3.03. The average molecular weight is 287 g/mol. The first kappa shape index (κ1) is 14.9. The Hall–Kier alpha value is -1.45. The van der Waals surface area contributed by atoms with Crippen LogP contribution in [0.25, 0.3) is 0 Å². The Bertz CT molecular complexity index is 563. The largest absolute Gasteiger partial charge is 0.301 e. The maximum Gasteiger partial charge on any atom is 0.0548 e. The first-order valence-corrected chi connectivity index (χ1v) is 8.06. The van der Waals surface area contributed by atoms with E-state index in [0.29, 0.717) is 5.75 Å². The van der Waals surface area contributed by atoms with E-state index in [0.717, 1.165) is 4.90 Å². The molecule has 0 aromatic heterocycles. The minimum absolute atomic E-state index is 0.165. The lowest BCUT2D eigenvalue weighted by molar-refractivity contribution is 0.324. The van der Waals surface area contributed by atoms with Crippen molar-refractivity contribution in [1.82, 2.24) is 4.90 Å². The summed E-state index contributed by atoms with van der Waals surface area (Å²) < 4.78 is 12.5. The summed E-state index contributed by atoms with van der Waals surface area (Å²) in [6, 6.07) is 18.4. The van der Waals surface area contributed by atoms with Crippen LogP contribution in [-0.2, 0) is 10.8 Å². The van der Waals surface area contributed by atoms with Crippen molar-refractivity contribution in [2.45, 2.75) is 17.9 Å². The van der Waals surface area contributed by atoms with Gasteiger partial charge in [0.1, 0.15) is 0 Å². The third-order valence-corrected chi connectivity index (χ3v) is 4.82. The molecular weight excluding hydrogens is 266 g/mol. The molecule has 0 aliphatic rings. The molecule has 0 saturated heterocycles. The molecule has 0 aliphatic carbocycles. The van der Waals surface area contributed by atoms with Gasteiger partial charge in [-0.2, -0.15) is 0 Å². The van der Waals surface area contributed by atoms with Crippen molar-refractivity contribution < 1.29 is 4.21 Å². The first-order chi connectivity index (χ1) is 9.58. The number of rotatable bonds is 5. The molecule has 2 rings (SSSR count). The maximum absolute atomic E-state index is 12.5. The van der Waals surface area contributed by atoms with E-state index in [4.69, 9.17) is 0 Å². The van der Waals surface area contributed by atoms with Gasteiger partial charge in [-0.3, -0.25) is 4.21 Å². The minimum atomic E-state index is -0.984. The van der Waals surface area contributed by atoms with Crippen LogP contribution < -0.4 is 0 Å². The second-order valence-corrected chi connectivity index (χ2v) is 6.71. The zero-order chi connectivity index (χ0) is 14.5. The van der Waals surface area contributed by atoms with Crippen LogP contribution in [0.3, 0.4) is 0 Å². The van der Waals surface area contributed by atoms with E-state index >= 15 is 0 Å². The van der Waals surface area contributed by atoms with E-state index in [9.17, 15) is 4.21 Å². The van der Waals surface area contributed by atoms with Crippen molar-refractivity contribution in [3.8, 4) is 0 Å². The predicted molar refractivity (Wildman–Crippen MR) is 85.3 cm³/mol. The van der Waals surface area contributed by atoms with Crippen LogP contribution in [-0.4, -0.2) is 29.0 Å². The highest BCUT2D eigenvalue weighted by Gasteiger charge is 2.18. The molecule has 0 bridgehead atoms. The molecule has 0 heterocycles. The van der Waals surface area contributed by atoms with Crippen LogP contribution in [0.15, 0.2) is 59.5 Å². The molecule has 2 aromatic carbocycles. The topological polar surface area (TPSA) is 20.3 Å². The SMILES string of the molecule is Cc1ccc([S@](=O)C[C@H](c2ccccc2)N(C)C)cc1. The van der Waals surface area contributed by atoms with Crippen LogP contribution in [0.2, 0.25) is 0 Å². The third-order valence-electron chi connectivity index (χ3n) is 3.40. The quantitative estimate of drug-likeness (QED) is 0.840. The lowest BCUT2D eigenvalue weighted by atomic mass is 10.1. The summed E-state index contributed by atoms with van der Waals surface area (Å²) in [5.74, 6) is 0.611. The second-order valence-electron chi connectivity index (χ2n) is 5.22. The minimum Gasteiger partial charge on any atom is -0.301 e. The third kappa shape index (κ3) is 3.78. The highest BCUT2D eigenvalue weighted by atomic mass is 32.2. The molecule has 0 saturated carbocycles. The van der Waals surface area contributed by atoms with E-state index < -0.39 is 10.8 Å². The molecule has 2 nitrogen and oxygen atoms in total. The van der Waals surface area contributed by atoms with Gasteiger partial charge in [0.05, 0.1) is 10.8 Å². The molecule has 2 atom stereocenters. The van der Waals surface area contributed by atoms with Crippen molar-refractivity contribution in [3.63, 3.8) is 0 Å². The number of nitrogens with zero attached hydrogens (tertiary/aromatic N) is 1. The summed E-state index contributed by atoms with van der Waals surface area (Å²) >= 11 is 0. The fraction of sp³-hybridized carbons (Fsp3) is 0.294. The van der Waals surface area contributed by atoms with Crippen LogP contribution in [0.4, 0.5) is 0 Å². The smallest absolute Gasteiger partial charge is 0.0548 e. The highest BCUT2D eigenvalue weighted by molar-refractivity contribution is 7.85. The van der Waals surface area contributed by atoms with Crippen molar-refractivity contribution >= 4 is 10.8 Å². The molecule has 2 aromatic rings. The molecule has 0 radical (unpaired) electrons. The summed E-state index contributed by atoms with van der Waals surface area (Å²) in [5, 5.41) is 0. The van der Waals surface area contributed by atoms with Crippen molar-refractivity contribution in [3.05, 3.63) is 65.7 Å². The van der Waals surface area contributed by atoms with E-state index in [1.807, 2.05) is 63.5 Å². The molecule has 0 spiro atoms. The normalized spacial score (nSPS) is 14.2. The Morgan fingerprint density at radius 1 is 1.00 bits per heavy atom. The zero-order valence-corrected chi connectivity index (χ0v) is 13.1. The van der Waals surface area contributed by atoms with E-state index in [1.54, 1.807) is 0 Å². The average Bonchev–Trinajstić information content (AvgIpc) is 2.46. The van der Waals surface area contributed by atoms with Gasteiger partial charge in [0.2, 0.25) is 0 Å².